The molecule has 0 spiro atoms. The van der Waals surface area contributed by atoms with E-state index in [4.69, 9.17) is 18.6 Å². The molecule has 1 aromatic heterocycles. The van der Waals surface area contributed by atoms with Crippen molar-refractivity contribution >= 4 is 22.9 Å². The standard InChI is InChI=1S/C24H28O7/c1-7-14(4)23(27)30-21-19-16(10-8-15-9-11-17(25)28-20(15)19)31-24(5,6)22(21)29-18(26)12-13(2)3/h7-11,13,21-22H,12H2,1-6H3. The minimum Gasteiger partial charge on any atom is -0.483 e. The third kappa shape index (κ3) is 4.65. The molecule has 166 valence electrons. The number of hydrogen-bond acceptors (Lipinski definition) is 7. The van der Waals surface area contributed by atoms with Gasteiger partial charge in [-0.1, -0.05) is 19.9 Å². The van der Waals surface area contributed by atoms with Crippen molar-refractivity contribution in [3.8, 4) is 5.75 Å². The van der Waals surface area contributed by atoms with Crippen LogP contribution in [0.1, 0.15) is 59.6 Å². The molecular weight excluding hydrogens is 400 g/mol. The molecule has 7 heteroatoms. The predicted molar refractivity (Wildman–Crippen MR) is 115 cm³/mol. The molecule has 7 nitrogen and oxygen atoms in total. The van der Waals surface area contributed by atoms with Gasteiger partial charge in [0.1, 0.15) is 16.9 Å². The van der Waals surface area contributed by atoms with E-state index in [2.05, 4.69) is 0 Å². The Kier molecular flexibility index (Phi) is 6.25. The summed E-state index contributed by atoms with van der Waals surface area (Å²) in [6.07, 6.45) is -0.127. The largest absolute Gasteiger partial charge is 0.483 e. The Hall–Kier alpha value is -3.09. The summed E-state index contributed by atoms with van der Waals surface area (Å²) >= 11 is 0. The van der Waals surface area contributed by atoms with Gasteiger partial charge in [0.15, 0.2) is 12.2 Å². The van der Waals surface area contributed by atoms with Crippen LogP contribution < -0.4 is 10.4 Å². The third-order valence-corrected chi connectivity index (χ3v) is 5.23. The molecule has 0 N–H and O–H groups in total. The van der Waals surface area contributed by atoms with E-state index in [1.54, 1.807) is 52.0 Å². The molecule has 1 aromatic carbocycles. The van der Waals surface area contributed by atoms with Crippen molar-refractivity contribution in [1.29, 1.82) is 0 Å². The Morgan fingerprint density at radius 2 is 1.84 bits per heavy atom. The maximum Gasteiger partial charge on any atom is 0.336 e. The molecule has 2 aromatic rings. The van der Waals surface area contributed by atoms with Crippen molar-refractivity contribution in [2.75, 3.05) is 0 Å². The molecule has 31 heavy (non-hydrogen) atoms. The van der Waals surface area contributed by atoms with Crippen molar-refractivity contribution in [3.63, 3.8) is 0 Å². The van der Waals surface area contributed by atoms with Crippen molar-refractivity contribution in [1.82, 2.24) is 0 Å². The first-order valence-electron chi connectivity index (χ1n) is 10.3. The summed E-state index contributed by atoms with van der Waals surface area (Å²) in [5.41, 5.74) is -0.541. The topological polar surface area (TPSA) is 92.0 Å². The third-order valence-electron chi connectivity index (χ3n) is 5.23. The highest BCUT2D eigenvalue weighted by molar-refractivity contribution is 5.89. The fourth-order valence-electron chi connectivity index (χ4n) is 3.53. The van der Waals surface area contributed by atoms with E-state index in [0.29, 0.717) is 22.3 Å². The summed E-state index contributed by atoms with van der Waals surface area (Å²) in [5.74, 6) is -0.488. The first-order valence-corrected chi connectivity index (χ1v) is 10.3. The van der Waals surface area contributed by atoms with E-state index in [-0.39, 0.29) is 17.9 Å². The molecule has 0 fully saturated rings. The Morgan fingerprint density at radius 1 is 1.16 bits per heavy atom. The van der Waals surface area contributed by atoms with Gasteiger partial charge in [0.2, 0.25) is 0 Å². The molecule has 2 atom stereocenters. The smallest absolute Gasteiger partial charge is 0.336 e. The zero-order chi connectivity index (χ0) is 22.9. The number of carbonyl (C=O) groups excluding carboxylic acids is 2. The summed E-state index contributed by atoms with van der Waals surface area (Å²) in [4.78, 5) is 37.2. The van der Waals surface area contributed by atoms with E-state index >= 15 is 0 Å². The Labute approximate surface area is 181 Å². The normalized spacial score (nSPS) is 20.2. The van der Waals surface area contributed by atoms with Crippen LogP contribution >= 0.6 is 0 Å². The van der Waals surface area contributed by atoms with Gasteiger partial charge < -0.3 is 18.6 Å². The second-order valence-electron chi connectivity index (χ2n) is 8.66. The fourth-order valence-corrected chi connectivity index (χ4v) is 3.53. The van der Waals surface area contributed by atoms with Gasteiger partial charge in [-0.15, -0.1) is 0 Å². The number of ether oxygens (including phenoxy) is 3. The number of allylic oxidation sites excluding steroid dienone is 1. The second kappa shape index (κ2) is 8.57. The highest BCUT2D eigenvalue weighted by atomic mass is 16.6. The predicted octanol–water partition coefficient (Wildman–Crippen LogP) is 4.47. The molecule has 2 unspecified atom stereocenters. The highest BCUT2D eigenvalue weighted by Crippen LogP contribution is 2.46. The van der Waals surface area contributed by atoms with Crippen molar-refractivity contribution in [3.05, 3.63) is 51.9 Å². The van der Waals surface area contributed by atoms with Gasteiger partial charge in [0.05, 0.1) is 5.56 Å². The summed E-state index contributed by atoms with van der Waals surface area (Å²) in [5, 5.41) is 0.637. The second-order valence-corrected chi connectivity index (χ2v) is 8.66. The minimum absolute atomic E-state index is 0.0949. The maximum absolute atomic E-state index is 12.7. The number of rotatable bonds is 5. The lowest BCUT2D eigenvalue weighted by Crippen LogP contribution is -2.52. The summed E-state index contributed by atoms with van der Waals surface area (Å²) in [6.45, 7) is 10.7. The molecule has 0 amide bonds. The van der Waals surface area contributed by atoms with Crippen LogP contribution in [0.3, 0.4) is 0 Å². The summed E-state index contributed by atoms with van der Waals surface area (Å²) < 4.78 is 23.2. The highest BCUT2D eigenvalue weighted by Gasteiger charge is 2.50. The molecule has 1 aliphatic heterocycles. The van der Waals surface area contributed by atoms with Gasteiger partial charge in [0.25, 0.3) is 0 Å². The Morgan fingerprint density at radius 3 is 2.48 bits per heavy atom. The molecule has 0 bridgehead atoms. The van der Waals surface area contributed by atoms with Crippen LogP contribution in [0, 0.1) is 5.92 Å². The first kappa shape index (κ1) is 22.6. The van der Waals surface area contributed by atoms with Crippen LogP contribution in [0.15, 0.2) is 45.1 Å². The number of benzene rings is 1. The fraction of sp³-hybridized carbons (Fsp3) is 0.458. The van der Waals surface area contributed by atoms with Crippen LogP contribution in [0.25, 0.3) is 11.0 Å². The zero-order valence-electron chi connectivity index (χ0n) is 18.7. The van der Waals surface area contributed by atoms with E-state index in [1.807, 2.05) is 13.8 Å². The number of esters is 2. The van der Waals surface area contributed by atoms with Crippen molar-refractivity contribution in [2.24, 2.45) is 5.92 Å². The van der Waals surface area contributed by atoms with Crippen LogP contribution in [-0.2, 0) is 19.1 Å². The van der Waals surface area contributed by atoms with Crippen LogP contribution in [0.4, 0.5) is 0 Å². The van der Waals surface area contributed by atoms with Gasteiger partial charge in [-0.25, -0.2) is 9.59 Å². The molecule has 3 rings (SSSR count). The van der Waals surface area contributed by atoms with Crippen molar-refractivity contribution in [2.45, 2.75) is 65.8 Å². The monoisotopic (exact) mass is 428 g/mol. The van der Waals surface area contributed by atoms with Gasteiger partial charge >= 0.3 is 17.6 Å². The molecule has 2 heterocycles. The quantitative estimate of drug-likeness (QED) is 0.394. The maximum atomic E-state index is 12.7. The molecule has 0 aliphatic carbocycles. The van der Waals surface area contributed by atoms with Gasteiger partial charge in [0, 0.05) is 23.4 Å². The molecule has 0 saturated carbocycles. The van der Waals surface area contributed by atoms with Gasteiger partial charge in [-0.2, -0.15) is 0 Å². The average Bonchev–Trinajstić information content (AvgIpc) is 2.68. The summed E-state index contributed by atoms with van der Waals surface area (Å²) in [6, 6.07) is 6.42. The van der Waals surface area contributed by atoms with Crippen LogP contribution in [0.2, 0.25) is 0 Å². The Balaban J connectivity index is 2.18. The van der Waals surface area contributed by atoms with Gasteiger partial charge in [-0.3, -0.25) is 4.79 Å². The average molecular weight is 428 g/mol. The van der Waals surface area contributed by atoms with E-state index in [0.717, 1.165) is 0 Å². The van der Waals surface area contributed by atoms with E-state index in [9.17, 15) is 14.4 Å². The molecule has 0 saturated heterocycles. The van der Waals surface area contributed by atoms with Crippen LogP contribution in [0.5, 0.6) is 5.75 Å². The number of carbonyl (C=O) groups is 2. The van der Waals surface area contributed by atoms with Crippen molar-refractivity contribution < 1.29 is 28.2 Å². The zero-order valence-corrected chi connectivity index (χ0v) is 18.7. The van der Waals surface area contributed by atoms with E-state index in [1.165, 1.54) is 6.07 Å². The Bertz CT molecular complexity index is 1090. The lowest BCUT2D eigenvalue weighted by molar-refractivity contribution is -0.189. The molecule has 1 aliphatic rings. The van der Waals surface area contributed by atoms with E-state index < -0.39 is 35.4 Å². The summed E-state index contributed by atoms with van der Waals surface area (Å²) in [7, 11) is 0. The molecular formula is C24H28O7. The first-order chi connectivity index (χ1) is 14.5. The lowest BCUT2D eigenvalue weighted by Gasteiger charge is -2.43. The number of fused-ring (bicyclic) bond motifs is 3. The molecule has 0 radical (unpaired) electrons. The van der Waals surface area contributed by atoms with Gasteiger partial charge in [-0.05, 0) is 51.8 Å². The lowest BCUT2D eigenvalue weighted by atomic mass is 9.87. The minimum atomic E-state index is -1.02. The SMILES string of the molecule is CC=C(C)C(=O)OC1c2c(ccc3ccc(=O)oc23)OC(C)(C)C1OC(=O)CC(C)C. The van der Waals surface area contributed by atoms with Crippen LogP contribution in [-0.4, -0.2) is 23.6 Å². The number of hydrogen-bond donors (Lipinski definition) is 0.